The second-order valence-corrected chi connectivity index (χ2v) is 10.5. The summed E-state index contributed by atoms with van der Waals surface area (Å²) >= 11 is 1.52. The number of halogens is 1. The highest BCUT2D eigenvalue weighted by Gasteiger charge is 2.42. The van der Waals surface area contributed by atoms with Crippen molar-refractivity contribution in [1.82, 2.24) is 20.9 Å². The van der Waals surface area contributed by atoms with Gasteiger partial charge in [-0.2, -0.15) is 0 Å². The monoisotopic (exact) mass is 503 g/mol. The lowest BCUT2D eigenvalue weighted by Gasteiger charge is -2.35. The molecule has 3 N–H and O–H groups in total. The summed E-state index contributed by atoms with van der Waals surface area (Å²) in [6.07, 6.45) is 3.29. The molecule has 4 rings (SSSR count). The van der Waals surface area contributed by atoms with E-state index in [0.717, 1.165) is 43.8 Å². The molecule has 35 heavy (non-hydrogen) atoms. The number of hydrogen-bond donors (Lipinski definition) is 3. The summed E-state index contributed by atoms with van der Waals surface area (Å²) in [6, 6.07) is 3.84. The number of Topliss-reactive ketones (excluding diaryl/α,β-unsaturated/α-hetero) is 1. The van der Waals surface area contributed by atoms with Crippen molar-refractivity contribution in [3.8, 4) is 0 Å². The van der Waals surface area contributed by atoms with Crippen molar-refractivity contribution in [3.63, 3.8) is 0 Å². The highest BCUT2D eigenvalue weighted by atomic mass is 32.2. The minimum absolute atomic E-state index is 0.0623. The lowest BCUT2D eigenvalue weighted by atomic mass is 9.89. The van der Waals surface area contributed by atoms with Gasteiger partial charge in [0.15, 0.2) is 5.78 Å². The van der Waals surface area contributed by atoms with Gasteiger partial charge in [0.2, 0.25) is 11.8 Å². The number of aliphatic imine (C=N–C) groups is 1. The van der Waals surface area contributed by atoms with E-state index in [1.54, 1.807) is 14.0 Å². The summed E-state index contributed by atoms with van der Waals surface area (Å²) in [5, 5.41) is 10.1. The molecule has 2 fully saturated rings. The molecule has 3 heterocycles. The first-order chi connectivity index (χ1) is 16.9. The van der Waals surface area contributed by atoms with E-state index >= 15 is 0 Å². The minimum atomic E-state index is -0.579. The van der Waals surface area contributed by atoms with E-state index in [-0.39, 0.29) is 35.4 Å². The number of thioether (sulfide) groups is 1. The van der Waals surface area contributed by atoms with Gasteiger partial charge < -0.3 is 20.9 Å². The Bertz CT molecular complexity index is 966. The number of piperidine rings is 1. The third kappa shape index (κ3) is 5.92. The molecule has 4 atom stereocenters. The van der Waals surface area contributed by atoms with Crippen LogP contribution in [0.15, 0.2) is 29.3 Å². The fraction of sp³-hybridized carbons (Fsp3) is 0.600. The van der Waals surface area contributed by atoms with E-state index in [0.29, 0.717) is 17.9 Å². The number of hydrogen-bond acceptors (Lipinski definition) is 7. The number of likely N-dealkylation sites (tertiary alicyclic amines) is 1. The SMILES string of the molecule is CN[C@@H](C)C(=O)N[C@H](C(=O)N1CCC[C@H]1C1=NC(C(=O)c2ccc(F)cc2)CS1)C1CCNCC1. The van der Waals surface area contributed by atoms with Gasteiger partial charge >= 0.3 is 0 Å². The Morgan fingerprint density at radius 3 is 2.57 bits per heavy atom. The van der Waals surface area contributed by atoms with Gasteiger partial charge in [-0.3, -0.25) is 19.4 Å². The third-order valence-corrected chi connectivity index (χ3v) is 8.33. The van der Waals surface area contributed by atoms with Crippen LogP contribution in [0.4, 0.5) is 4.39 Å². The lowest BCUT2D eigenvalue weighted by Crippen LogP contribution is -2.58. The number of ketones is 1. The zero-order valence-electron chi connectivity index (χ0n) is 20.3. The molecule has 1 aromatic carbocycles. The summed E-state index contributed by atoms with van der Waals surface area (Å²) in [4.78, 5) is 46.0. The predicted octanol–water partition coefficient (Wildman–Crippen LogP) is 1.61. The first-order valence-corrected chi connectivity index (χ1v) is 13.4. The average Bonchev–Trinajstić information content (AvgIpc) is 3.56. The van der Waals surface area contributed by atoms with Gasteiger partial charge in [-0.1, -0.05) is 0 Å². The normalized spacial score (nSPS) is 24.7. The minimum Gasteiger partial charge on any atom is -0.343 e. The van der Waals surface area contributed by atoms with E-state index in [1.807, 2.05) is 4.90 Å². The quantitative estimate of drug-likeness (QED) is 0.466. The molecular formula is C25H34FN5O3S. The standard InChI is InChI=1S/C25H34FN5O3S/c1-15(27-2)23(33)30-21(16-9-11-28-12-10-16)25(34)31-13-3-4-20(31)24-29-19(14-35-24)22(32)17-5-7-18(26)8-6-17/h5-8,15-16,19-21,27-28H,3-4,9-14H2,1-2H3,(H,30,33)/t15-,19?,20-,21-/m0/s1. The molecule has 1 unspecified atom stereocenters. The van der Waals surface area contributed by atoms with Crippen molar-refractivity contribution < 1.29 is 18.8 Å². The van der Waals surface area contributed by atoms with Crippen LogP contribution in [0.25, 0.3) is 0 Å². The van der Waals surface area contributed by atoms with Gasteiger partial charge in [0.05, 0.1) is 17.1 Å². The highest BCUT2D eigenvalue weighted by Crippen LogP contribution is 2.31. The van der Waals surface area contributed by atoms with Crippen LogP contribution in [0.1, 0.15) is 43.0 Å². The molecule has 1 aromatic rings. The van der Waals surface area contributed by atoms with Crippen molar-refractivity contribution in [2.24, 2.45) is 10.9 Å². The van der Waals surface area contributed by atoms with Gasteiger partial charge in [0.25, 0.3) is 0 Å². The molecule has 190 valence electrons. The summed E-state index contributed by atoms with van der Waals surface area (Å²) in [5.41, 5.74) is 0.439. The van der Waals surface area contributed by atoms with E-state index in [1.165, 1.54) is 36.0 Å². The van der Waals surface area contributed by atoms with Crippen LogP contribution in [0, 0.1) is 11.7 Å². The number of nitrogens with one attached hydrogen (secondary N) is 3. The lowest BCUT2D eigenvalue weighted by molar-refractivity contribution is -0.138. The van der Waals surface area contributed by atoms with Crippen molar-refractivity contribution >= 4 is 34.4 Å². The van der Waals surface area contributed by atoms with Crippen LogP contribution in [0.2, 0.25) is 0 Å². The van der Waals surface area contributed by atoms with E-state index in [9.17, 15) is 18.8 Å². The molecule has 0 aliphatic carbocycles. The molecule has 0 saturated carbocycles. The summed E-state index contributed by atoms with van der Waals surface area (Å²) in [7, 11) is 1.72. The maximum absolute atomic E-state index is 13.8. The fourth-order valence-electron chi connectivity index (χ4n) is 4.95. The first kappa shape index (κ1) is 25.8. The number of benzene rings is 1. The van der Waals surface area contributed by atoms with Crippen LogP contribution >= 0.6 is 11.8 Å². The van der Waals surface area contributed by atoms with Crippen molar-refractivity contribution in [3.05, 3.63) is 35.6 Å². The number of nitrogens with zero attached hydrogens (tertiary/aromatic N) is 2. The van der Waals surface area contributed by atoms with Crippen LogP contribution in [0.5, 0.6) is 0 Å². The van der Waals surface area contributed by atoms with Gasteiger partial charge in [-0.25, -0.2) is 4.39 Å². The number of carbonyl (C=O) groups is 3. The molecule has 10 heteroatoms. The Morgan fingerprint density at radius 1 is 1.17 bits per heavy atom. The molecule has 0 bridgehead atoms. The number of rotatable bonds is 8. The fourth-order valence-corrected chi connectivity index (χ4v) is 6.14. The molecule has 0 spiro atoms. The second-order valence-electron chi connectivity index (χ2n) is 9.44. The zero-order chi connectivity index (χ0) is 24.9. The molecular weight excluding hydrogens is 469 g/mol. The molecule has 8 nitrogen and oxygen atoms in total. The topological polar surface area (TPSA) is 103 Å². The molecule has 3 aliphatic heterocycles. The molecule has 2 amide bonds. The molecule has 2 saturated heterocycles. The van der Waals surface area contributed by atoms with Crippen molar-refractivity contribution in [2.45, 2.75) is 56.8 Å². The van der Waals surface area contributed by atoms with E-state index in [4.69, 9.17) is 4.99 Å². The van der Waals surface area contributed by atoms with Crippen LogP contribution in [-0.4, -0.2) is 84.1 Å². The summed E-state index contributed by atoms with van der Waals surface area (Å²) in [6.45, 7) is 4.04. The summed E-state index contributed by atoms with van der Waals surface area (Å²) in [5.74, 6) is -0.178. The van der Waals surface area contributed by atoms with Gasteiger partial charge in [-0.15, -0.1) is 11.8 Å². The number of likely N-dealkylation sites (N-methyl/N-ethyl adjacent to an activating group) is 1. The first-order valence-electron chi connectivity index (χ1n) is 12.4. The maximum atomic E-state index is 13.8. The van der Waals surface area contributed by atoms with Crippen LogP contribution in [0.3, 0.4) is 0 Å². The Hall–Kier alpha value is -2.30. The van der Waals surface area contributed by atoms with Crippen molar-refractivity contribution in [1.29, 1.82) is 0 Å². The van der Waals surface area contributed by atoms with Crippen molar-refractivity contribution in [2.75, 3.05) is 32.4 Å². The van der Waals surface area contributed by atoms with E-state index in [2.05, 4.69) is 16.0 Å². The number of carbonyl (C=O) groups excluding carboxylic acids is 3. The average molecular weight is 504 g/mol. The van der Waals surface area contributed by atoms with Crippen LogP contribution < -0.4 is 16.0 Å². The summed E-state index contributed by atoms with van der Waals surface area (Å²) < 4.78 is 13.2. The largest absolute Gasteiger partial charge is 0.343 e. The van der Waals surface area contributed by atoms with E-state index < -0.39 is 18.1 Å². The van der Waals surface area contributed by atoms with Gasteiger partial charge in [0, 0.05) is 17.9 Å². The smallest absolute Gasteiger partial charge is 0.246 e. The highest BCUT2D eigenvalue weighted by molar-refractivity contribution is 8.14. The third-order valence-electron chi connectivity index (χ3n) is 7.17. The Labute approximate surface area is 209 Å². The molecule has 0 radical (unpaired) electrons. The van der Waals surface area contributed by atoms with Crippen LogP contribution in [-0.2, 0) is 9.59 Å². The number of amides is 2. The Balaban J connectivity index is 1.50. The Kier molecular flexibility index (Phi) is 8.56. The molecule has 3 aliphatic rings. The molecule has 0 aromatic heterocycles. The van der Waals surface area contributed by atoms with Gasteiger partial charge in [0.1, 0.15) is 17.9 Å². The Morgan fingerprint density at radius 2 is 1.89 bits per heavy atom. The van der Waals surface area contributed by atoms with Gasteiger partial charge in [-0.05, 0) is 82.9 Å². The predicted molar refractivity (Wildman–Crippen MR) is 135 cm³/mol. The maximum Gasteiger partial charge on any atom is 0.246 e. The second kappa shape index (κ2) is 11.6. The zero-order valence-corrected chi connectivity index (χ0v) is 21.1.